The van der Waals surface area contributed by atoms with E-state index in [2.05, 4.69) is 25.9 Å². The van der Waals surface area contributed by atoms with E-state index in [9.17, 15) is 4.79 Å². The van der Waals surface area contributed by atoms with Gasteiger partial charge in [0, 0.05) is 28.7 Å². The Kier molecular flexibility index (Phi) is 3.84. The zero-order valence-electron chi connectivity index (χ0n) is 10.4. The largest absolute Gasteiger partial charge is 0.269 e. The number of halogens is 1. The second-order valence-corrected chi connectivity index (χ2v) is 6.03. The molecule has 0 saturated heterocycles. The first-order chi connectivity index (χ1) is 9.72. The fourth-order valence-electron chi connectivity index (χ4n) is 1.78. The third-order valence-corrected chi connectivity index (χ3v) is 4.13. The quantitative estimate of drug-likeness (QED) is 0.683. The van der Waals surface area contributed by atoms with E-state index in [1.165, 1.54) is 4.40 Å². The van der Waals surface area contributed by atoms with E-state index in [1.54, 1.807) is 30.2 Å². The van der Waals surface area contributed by atoms with Crippen molar-refractivity contribution in [3.8, 4) is 0 Å². The topological polar surface area (TPSA) is 47.3 Å². The molecule has 0 N–H and O–H groups in total. The number of hydrogen-bond acceptors (Lipinski definition) is 4. The number of rotatable bonds is 3. The SMILES string of the molecule is O=c1cc(CSc2ccccn2)nc2ccc(Br)cn12. The molecule has 100 valence electrons. The maximum Gasteiger partial charge on any atom is 0.258 e. The molecule has 3 heterocycles. The lowest BCUT2D eigenvalue weighted by atomic mass is 10.4. The van der Waals surface area contributed by atoms with Crippen molar-refractivity contribution in [1.82, 2.24) is 14.4 Å². The molecule has 4 nitrogen and oxygen atoms in total. The van der Waals surface area contributed by atoms with E-state index in [-0.39, 0.29) is 5.56 Å². The van der Waals surface area contributed by atoms with Crippen LogP contribution in [0.15, 0.2) is 63.1 Å². The molecule has 0 aliphatic carbocycles. The van der Waals surface area contributed by atoms with Gasteiger partial charge in [-0.2, -0.15) is 0 Å². The zero-order chi connectivity index (χ0) is 13.9. The summed E-state index contributed by atoms with van der Waals surface area (Å²) in [5, 5.41) is 0.922. The van der Waals surface area contributed by atoms with Crippen molar-refractivity contribution in [2.75, 3.05) is 0 Å². The molecule has 0 fully saturated rings. The average molecular weight is 348 g/mol. The molecule has 0 spiro atoms. The first kappa shape index (κ1) is 13.3. The normalized spacial score (nSPS) is 10.8. The zero-order valence-corrected chi connectivity index (χ0v) is 12.8. The van der Waals surface area contributed by atoms with Gasteiger partial charge in [-0.1, -0.05) is 6.07 Å². The van der Waals surface area contributed by atoms with Crippen molar-refractivity contribution in [2.45, 2.75) is 10.8 Å². The number of thioether (sulfide) groups is 1. The van der Waals surface area contributed by atoms with Crippen molar-refractivity contribution in [1.29, 1.82) is 0 Å². The summed E-state index contributed by atoms with van der Waals surface area (Å²) in [7, 11) is 0. The van der Waals surface area contributed by atoms with Gasteiger partial charge in [0.2, 0.25) is 0 Å². The van der Waals surface area contributed by atoms with E-state index in [4.69, 9.17) is 0 Å². The Balaban J connectivity index is 1.89. The molecule has 0 unspecified atom stereocenters. The Morgan fingerprint density at radius 2 is 2.15 bits per heavy atom. The van der Waals surface area contributed by atoms with Crippen LogP contribution in [0.2, 0.25) is 0 Å². The van der Waals surface area contributed by atoms with E-state index in [0.717, 1.165) is 15.2 Å². The van der Waals surface area contributed by atoms with Gasteiger partial charge in [0.15, 0.2) is 0 Å². The predicted molar refractivity (Wildman–Crippen MR) is 83.0 cm³/mol. The van der Waals surface area contributed by atoms with Gasteiger partial charge >= 0.3 is 0 Å². The van der Waals surface area contributed by atoms with Crippen LogP contribution in [0.4, 0.5) is 0 Å². The first-order valence-electron chi connectivity index (χ1n) is 5.94. The van der Waals surface area contributed by atoms with Crippen LogP contribution in [0.5, 0.6) is 0 Å². The maximum atomic E-state index is 12.0. The minimum absolute atomic E-state index is 0.0760. The Hall–Kier alpha value is -1.66. The molecule has 20 heavy (non-hydrogen) atoms. The highest BCUT2D eigenvalue weighted by Gasteiger charge is 2.04. The monoisotopic (exact) mass is 347 g/mol. The van der Waals surface area contributed by atoms with E-state index in [1.807, 2.05) is 30.3 Å². The third kappa shape index (κ3) is 2.91. The summed E-state index contributed by atoms with van der Waals surface area (Å²) >= 11 is 4.91. The molecule has 6 heteroatoms. The summed E-state index contributed by atoms with van der Waals surface area (Å²) < 4.78 is 2.38. The molecule has 0 amide bonds. The van der Waals surface area contributed by atoms with Gasteiger partial charge in [-0.05, 0) is 40.2 Å². The van der Waals surface area contributed by atoms with Gasteiger partial charge in [-0.25, -0.2) is 9.97 Å². The van der Waals surface area contributed by atoms with Gasteiger partial charge in [-0.15, -0.1) is 11.8 Å². The van der Waals surface area contributed by atoms with Crippen molar-refractivity contribution in [3.05, 3.63) is 69.3 Å². The number of pyridine rings is 2. The molecular formula is C14H10BrN3OS. The van der Waals surface area contributed by atoms with Gasteiger partial charge in [0.25, 0.3) is 5.56 Å². The van der Waals surface area contributed by atoms with Crippen molar-refractivity contribution in [3.63, 3.8) is 0 Å². The summed E-state index contributed by atoms with van der Waals surface area (Å²) in [5.41, 5.74) is 1.33. The van der Waals surface area contributed by atoms with Crippen LogP contribution < -0.4 is 5.56 Å². The standard InChI is InChI=1S/C14H10BrN3OS/c15-10-4-5-12-17-11(7-14(19)18(12)8-10)9-20-13-3-1-2-6-16-13/h1-8H,9H2. The molecule has 0 aromatic carbocycles. The smallest absolute Gasteiger partial charge is 0.258 e. The van der Waals surface area contributed by atoms with Crippen molar-refractivity contribution < 1.29 is 0 Å². The number of fused-ring (bicyclic) bond motifs is 1. The van der Waals surface area contributed by atoms with Gasteiger partial charge in [-0.3, -0.25) is 9.20 Å². The Morgan fingerprint density at radius 3 is 2.95 bits per heavy atom. The maximum absolute atomic E-state index is 12.0. The summed E-state index contributed by atoms with van der Waals surface area (Å²) in [6, 6.07) is 11.0. The van der Waals surface area contributed by atoms with Crippen molar-refractivity contribution >= 4 is 33.3 Å². The van der Waals surface area contributed by atoms with E-state index in [0.29, 0.717) is 11.4 Å². The Labute approximate surface area is 128 Å². The average Bonchev–Trinajstić information content (AvgIpc) is 2.47. The van der Waals surface area contributed by atoms with Crippen molar-refractivity contribution in [2.24, 2.45) is 0 Å². The fraction of sp³-hybridized carbons (Fsp3) is 0.0714. The molecule has 0 aliphatic rings. The highest BCUT2D eigenvalue weighted by atomic mass is 79.9. The number of nitrogens with zero attached hydrogens (tertiary/aromatic N) is 3. The molecule has 0 aliphatic heterocycles. The molecule has 0 saturated carbocycles. The van der Waals surface area contributed by atoms with Crippen LogP contribution in [-0.2, 0) is 5.75 Å². The second-order valence-electron chi connectivity index (χ2n) is 4.12. The van der Waals surface area contributed by atoms with Crippen LogP contribution in [-0.4, -0.2) is 14.4 Å². The molecule has 0 bridgehead atoms. The predicted octanol–water partition coefficient (Wildman–Crippen LogP) is 3.14. The minimum atomic E-state index is -0.0760. The van der Waals surface area contributed by atoms with Crippen LogP contribution in [0.25, 0.3) is 5.65 Å². The molecule has 3 rings (SSSR count). The highest BCUT2D eigenvalue weighted by molar-refractivity contribution is 9.10. The Morgan fingerprint density at radius 1 is 1.25 bits per heavy atom. The van der Waals surface area contributed by atoms with Gasteiger partial charge < -0.3 is 0 Å². The summed E-state index contributed by atoms with van der Waals surface area (Å²) in [6.07, 6.45) is 3.48. The summed E-state index contributed by atoms with van der Waals surface area (Å²) in [4.78, 5) is 20.8. The van der Waals surface area contributed by atoms with E-state index < -0.39 is 0 Å². The minimum Gasteiger partial charge on any atom is -0.269 e. The third-order valence-electron chi connectivity index (χ3n) is 2.68. The van der Waals surface area contributed by atoms with E-state index >= 15 is 0 Å². The lowest BCUT2D eigenvalue weighted by molar-refractivity contribution is 1.00. The van der Waals surface area contributed by atoms with Crippen LogP contribution >= 0.6 is 27.7 Å². The van der Waals surface area contributed by atoms with Gasteiger partial charge in [0.05, 0.1) is 10.7 Å². The summed E-state index contributed by atoms with van der Waals surface area (Å²) in [5.74, 6) is 0.624. The molecule has 0 atom stereocenters. The van der Waals surface area contributed by atoms with Crippen LogP contribution in [0, 0.1) is 0 Å². The molecular weight excluding hydrogens is 338 g/mol. The molecule has 3 aromatic rings. The fourth-order valence-corrected chi connectivity index (χ4v) is 2.87. The number of aromatic nitrogens is 3. The lowest BCUT2D eigenvalue weighted by Gasteiger charge is -2.04. The number of hydrogen-bond donors (Lipinski definition) is 0. The molecule has 3 aromatic heterocycles. The van der Waals surface area contributed by atoms with Crippen LogP contribution in [0.1, 0.15) is 5.69 Å². The first-order valence-corrected chi connectivity index (χ1v) is 7.72. The molecule has 0 radical (unpaired) electrons. The highest BCUT2D eigenvalue weighted by Crippen LogP contribution is 2.19. The second kappa shape index (κ2) is 5.76. The van der Waals surface area contributed by atoms with Gasteiger partial charge in [0.1, 0.15) is 5.65 Å². The Bertz CT molecular complexity index is 804. The lowest BCUT2D eigenvalue weighted by Crippen LogP contribution is -2.15. The van der Waals surface area contributed by atoms with Crippen LogP contribution in [0.3, 0.4) is 0 Å². The summed E-state index contributed by atoms with van der Waals surface area (Å²) in [6.45, 7) is 0.